The standard InChI is InChI=1S/C14H19ClN2O.ClH/c1-17(10-12-4-6-13(15)7-5-12)14(18)9-16-8-11-2-3-11;/h4-7,11,16H,2-3,8-10H2,1H3;1H. The van der Waals surface area contributed by atoms with Gasteiger partial charge in [-0.3, -0.25) is 4.79 Å². The maximum absolute atomic E-state index is 11.9. The molecule has 0 aromatic heterocycles. The molecule has 1 amide bonds. The van der Waals surface area contributed by atoms with Gasteiger partial charge in [0.2, 0.25) is 5.91 Å². The Kier molecular flexibility index (Phi) is 6.63. The van der Waals surface area contributed by atoms with Gasteiger partial charge < -0.3 is 10.2 Å². The summed E-state index contributed by atoms with van der Waals surface area (Å²) in [6, 6.07) is 7.59. The van der Waals surface area contributed by atoms with Gasteiger partial charge >= 0.3 is 0 Å². The van der Waals surface area contributed by atoms with E-state index in [9.17, 15) is 4.79 Å². The summed E-state index contributed by atoms with van der Waals surface area (Å²) < 4.78 is 0. The van der Waals surface area contributed by atoms with Crippen LogP contribution in [-0.2, 0) is 11.3 Å². The number of carbonyl (C=O) groups excluding carboxylic acids is 1. The van der Waals surface area contributed by atoms with E-state index >= 15 is 0 Å². The molecule has 106 valence electrons. The number of hydrogen-bond donors (Lipinski definition) is 1. The molecule has 0 unspecified atom stereocenters. The minimum Gasteiger partial charge on any atom is -0.340 e. The molecule has 1 aliphatic carbocycles. The first-order chi connectivity index (χ1) is 8.65. The van der Waals surface area contributed by atoms with Crippen LogP contribution in [0.15, 0.2) is 24.3 Å². The highest BCUT2D eigenvalue weighted by Gasteiger charge is 2.20. The SMILES string of the molecule is CN(Cc1ccc(Cl)cc1)C(=O)CNCC1CC1.Cl. The number of nitrogens with zero attached hydrogens (tertiary/aromatic N) is 1. The lowest BCUT2D eigenvalue weighted by Gasteiger charge is -2.17. The Morgan fingerprint density at radius 3 is 2.58 bits per heavy atom. The second-order valence-electron chi connectivity index (χ2n) is 4.95. The number of likely N-dealkylation sites (N-methyl/N-ethyl adjacent to an activating group) is 1. The van der Waals surface area contributed by atoms with Gasteiger partial charge in [-0.2, -0.15) is 0 Å². The zero-order valence-electron chi connectivity index (χ0n) is 11.1. The Labute approximate surface area is 125 Å². The molecule has 1 fully saturated rings. The van der Waals surface area contributed by atoms with Crippen LogP contribution in [-0.4, -0.2) is 30.9 Å². The monoisotopic (exact) mass is 302 g/mol. The highest BCUT2D eigenvalue weighted by molar-refractivity contribution is 6.30. The molecule has 0 spiro atoms. The van der Waals surface area contributed by atoms with Gasteiger partial charge in [0.05, 0.1) is 6.54 Å². The van der Waals surface area contributed by atoms with Crippen LogP contribution in [0.25, 0.3) is 0 Å². The Morgan fingerprint density at radius 1 is 1.37 bits per heavy atom. The van der Waals surface area contributed by atoms with Crippen LogP contribution in [0.4, 0.5) is 0 Å². The third-order valence-corrected chi connectivity index (χ3v) is 3.42. The van der Waals surface area contributed by atoms with Crippen molar-refractivity contribution in [1.82, 2.24) is 10.2 Å². The lowest BCUT2D eigenvalue weighted by atomic mass is 10.2. The van der Waals surface area contributed by atoms with E-state index < -0.39 is 0 Å². The van der Waals surface area contributed by atoms with E-state index in [1.807, 2.05) is 31.3 Å². The van der Waals surface area contributed by atoms with E-state index in [1.165, 1.54) is 12.8 Å². The van der Waals surface area contributed by atoms with Crippen molar-refractivity contribution in [3.05, 3.63) is 34.9 Å². The second kappa shape index (κ2) is 7.73. The van der Waals surface area contributed by atoms with Crippen LogP contribution in [0, 0.1) is 5.92 Å². The van der Waals surface area contributed by atoms with Gasteiger partial charge in [-0.1, -0.05) is 23.7 Å². The lowest BCUT2D eigenvalue weighted by Crippen LogP contribution is -2.35. The maximum atomic E-state index is 11.9. The fraction of sp³-hybridized carbons (Fsp3) is 0.500. The van der Waals surface area contributed by atoms with E-state index in [0.717, 1.165) is 23.0 Å². The van der Waals surface area contributed by atoms with Gasteiger partial charge in [0, 0.05) is 18.6 Å². The number of carbonyl (C=O) groups is 1. The molecule has 0 radical (unpaired) electrons. The number of halogens is 2. The lowest BCUT2D eigenvalue weighted by molar-refractivity contribution is -0.129. The van der Waals surface area contributed by atoms with Gasteiger partial charge in [0.25, 0.3) is 0 Å². The number of rotatable bonds is 6. The largest absolute Gasteiger partial charge is 0.340 e. The highest BCUT2D eigenvalue weighted by Crippen LogP contribution is 2.27. The average Bonchev–Trinajstić information content (AvgIpc) is 3.16. The Bertz CT molecular complexity index is 404. The summed E-state index contributed by atoms with van der Waals surface area (Å²) in [6.45, 7) is 2.03. The Balaban J connectivity index is 0.00000180. The van der Waals surface area contributed by atoms with Crippen LogP contribution in [0.5, 0.6) is 0 Å². The van der Waals surface area contributed by atoms with Crippen molar-refractivity contribution in [2.75, 3.05) is 20.1 Å². The molecule has 1 saturated carbocycles. The first-order valence-corrected chi connectivity index (χ1v) is 6.72. The molecule has 1 N–H and O–H groups in total. The van der Waals surface area contributed by atoms with Gasteiger partial charge in [-0.05, 0) is 43.0 Å². The van der Waals surface area contributed by atoms with E-state index in [0.29, 0.717) is 13.1 Å². The summed E-state index contributed by atoms with van der Waals surface area (Å²) in [5, 5.41) is 3.93. The minimum atomic E-state index is 0. The molecule has 0 bridgehead atoms. The number of amides is 1. The molecule has 0 aliphatic heterocycles. The van der Waals surface area contributed by atoms with Crippen LogP contribution in [0.3, 0.4) is 0 Å². The zero-order valence-corrected chi connectivity index (χ0v) is 12.6. The van der Waals surface area contributed by atoms with Crippen molar-refractivity contribution in [3.8, 4) is 0 Å². The summed E-state index contributed by atoms with van der Waals surface area (Å²) in [4.78, 5) is 13.6. The van der Waals surface area contributed by atoms with Gasteiger partial charge in [0.15, 0.2) is 0 Å². The molecule has 1 aromatic rings. The van der Waals surface area contributed by atoms with Crippen LogP contribution < -0.4 is 5.32 Å². The molecule has 2 rings (SSSR count). The quantitative estimate of drug-likeness (QED) is 0.876. The molecular formula is C14H20Cl2N2O. The maximum Gasteiger partial charge on any atom is 0.236 e. The summed E-state index contributed by atoms with van der Waals surface area (Å²) in [7, 11) is 1.83. The van der Waals surface area contributed by atoms with Crippen LogP contribution >= 0.6 is 24.0 Å². The molecular weight excluding hydrogens is 283 g/mol. The Hall–Kier alpha value is -0.770. The van der Waals surface area contributed by atoms with Crippen molar-refractivity contribution in [1.29, 1.82) is 0 Å². The molecule has 19 heavy (non-hydrogen) atoms. The van der Waals surface area contributed by atoms with Crippen molar-refractivity contribution >= 4 is 29.9 Å². The van der Waals surface area contributed by atoms with E-state index in [4.69, 9.17) is 11.6 Å². The highest BCUT2D eigenvalue weighted by atomic mass is 35.5. The second-order valence-corrected chi connectivity index (χ2v) is 5.39. The van der Waals surface area contributed by atoms with Crippen molar-refractivity contribution in [2.45, 2.75) is 19.4 Å². The third kappa shape index (κ3) is 5.81. The summed E-state index contributed by atoms with van der Waals surface area (Å²) >= 11 is 5.82. The smallest absolute Gasteiger partial charge is 0.236 e. The van der Waals surface area contributed by atoms with Gasteiger partial charge in [0.1, 0.15) is 0 Å². The first kappa shape index (κ1) is 16.3. The normalized spacial score (nSPS) is 13.8. The molecule has 3 nitrogen and oxygen atoms in total. The molecule has 0 atom stereocenters. The third-order valence-electron chi connectivity index (χ3n) is 3.16. The average molecular weight is 303 g/mol. The molecule has 1 aliphatic rings. The Morgan fingerprint density at radius 2 is 2.00 bits per heavy atom. The van der Waals surface area contributed by atoms with Crippen molar-refractivity contribution in [2.24, 2.45) is 5.92 Å². The fourth-order valence-electron chi connectivity index (χ4n) is 1.79. The van der Waals surface area contributed by atoms with Crippen molar-refractivity contribution < 1.29 is 4.79 Å². The minimum absolute atomic E-state index is 0. The fourth-order valence-corrected chi connectivity index (χ4v) is 1.92. The predicted molar refractivity (Wildman–Crippen MR) is 80.8 cm³/mol. The molecule has 1 aromatic carbocycles. The number of hydrogen-bond acceptors (Lipinski definition) is 2. The zero-order chi connectivity index (χ0) is 13.0. The molecule has 0 heterocycles. The van der Waals surface area contributed by atoms with Crippen LogP contribution in [0.1, 0.15) is 18.4 Å². The number of nitrogens with one attached hydrogen (secondary N) is 1. The summed E-state index contributed by atoms with van der Waals surface area (Å²) in [5.74, 6) is 0.935. The van der Waals surface area contributed by atoms with Gasteiger partial charge in [-0.15, -0.1) is 12.4 Å². The van der Waals surface area contributed by atoms with E-state index in [1.54, 1.807) is 4.90 Å². The summed E-state index contributed by atoms with van der Waals surface area (Å²) in [6.07, 6.45) is 2.61. The molecule has 0 saturated heterocycles. The van der Waals surface area contributed by atoms with Gasteiger partial charge in [-0.25, -0.2) is 0 Å². The van der Waals surface area contributed by atoms with Crippen molar-refractivity contribution in [3.63, 3.8) is 0 Å². The summed E-state index contributed by atoms with van der Waals surface area (Å²) in [5.41, 5.74) is 1.09. The van der Waals surface area contributed by atoms with E-state index in [-0.39, 0.29) is 18.3 Å². The topological polar surface area (TPSA) is 32.3 Å². The molecule has 5 heteroatoms. The van der Waals surface area contributed by atoms with Crippen LogP contribution in [0.2, 0.25) is 5.02 Å². The predicted octanol–water partition coefficient (Wildman–Crippen LogP) is 2.72. The number of benzene rings is 1. The van der Waals surface area contributed by atoms with E-state index in [2.05, 4.69) is 5.32 Å². The first-order valence-electron chi connectivity index (χ1n) is 6.34.